The van der Waals surface area contributed by atoms with Crippen molar-refractivity contribution >= 4 is 33.6 Å². The number of fused-ring (bicyclic) bond motifs is 2. The van der Waals surface area contributed by atoms with Crippen LogP contribution in [0.5, 0.6) is 11.5 Å². The number of carbonyl (C=O) groups excluding carboxylic acids is 2. The van der Waals surface area contributed by atoms with Gasteiger partial charge in [0.2, 0.25) is 0 Å². The van der Waals surface area contributed by atoms with Crippen LogP contribution < -0.4 is 11.2 Å². The van der Waals surface area contributed by atoms with Crippen molar-refractivity contribution in [2.24, 2.45) is 0 Å². The van der Waals surface area contributed by atoms with Gasteiger partial charge in [-0.15, -0.1) is 0 Å². The molecule has 3 N–H and O–H groups in total. The number of H-pyrrole nitrogens is 1. The summed E-state index contributed by atoms with van der Waals surface area (Å²) in [7, 11) is 1.17. The Morgan fingerprint density at radius 2 is 1.80 bits per heavy atom. The van der Waals surface area contributed by atoms with E-state index >= 15 is 0 Å². The van der Waals surface area contributed by atoms with E-state index in [2.05, 4.69) is 4.98 Å². The second-order valence-corrected chi connectivity index (χ2v) is 8.42. The highest BCUT2D eigenvalue weighted by atomic mass is 16.5. The van der Waals surface area contributed by atoms with Gasteiger partial charge in [0.05, 0.1) is 24.4 Å². The number of aromatic amines is 1. The molecule has 0 unspecified atom stereocenters. The van der Waals surface area contributed by atoms with Crippen molar-refractivity contribution < 1.29 is 29.0 Å². The van der Waals surface area contributed by atoms with Crippen LogP contribution in [0.15, 0.2) is 44.3 Å². The van der Waals surface area contributed by atoms with Crippen LogP contribution in [0.25, 0.3) is 21.9 Å². The highest BCUT2D eigenvalue weighted by Gasteiger charge is 2.33. The number of para-hydroxylation sites is 1. The first kappa shape index (κ1) is 23.7. The number of hydrogen-bond donors (Lipinski definition) is 3. The number of benzene rings is 2. The summed E-state index contributed by atoms with van der Waals surface area (Å²) in [5.74, 6) is -3.79. The SMILES string of the molecule is COC(=O)C[C@@H](c1cc2cccc(C)c2[nH]c1=O)c1c(O)c(C(C)=O)c(O)c2c(C)cc(=O)oc12. The van der Waals surface area contributed by atoms with Crippen LogP contribution in [0.1, 0.15) is 51.9 Å². The Morgan fingerprint density at radius 1 is 1.09 bits per heavy atom. The number of carbonyl (C=O) groups is 2. The molecule has 9 nitrogen and oxygen atoms in total. The molecular weight excluding hydrogens is 454 g/mol. The van der Waals surface area contributed by atoms with E-state index in [0.29, 0.717) is 10.9 Å². The Balaban J connectivity index is 2.18. The zero-order valence-corrected chi connectivity index (χ0v) is 19.5. The fourth-order valence-electron chi connectivity index (χ4n) is 4.51. The van der Waals surface area contributed by atoms with E-state index in [0.717, 1.165) is 18.6 Å². The van der Waals surface area contributed by atoms with E-state index in [9.17, 15) is 29.4 Å². The minimum absolute atomic E-state index is 0.0190. The molecule has 0 aliphatic rings. The molecule has 0 saturated heterocycles. The van der Waals surface area contributed by atoms with Gasteiger partial charge >= 0.3 is 11.6 Å². The van der Waals surface area contributed by atoms with Gasteiger partial charge in [-0.25, -0.2) is 4.79 Å². The molecule has 0 bridgehead atoms. The number of nitrogens with one attached hydrogen (secondary N) is 1. The number of esters is 1. The quantitative estimate of drug-likeness (QED) is 0.225. The highest BCUT2D eigenvalue weighted by molar-refractivity contribution is 6.07. The van der Waals surface area contributed by atoms with Crippen molar-refractivity contribution in [3.63, 3.8) is 0 Å². The lowest BCUT2D eigenvalue weighted by Crippen LogP contribution is -2.21. The summed E-state index contributed by atoms with van der Waals surface area (Å²) in [5.41, 5.74) is -0.302. The number of Topliss-reactive ketones (excluding diaryl/α,β-unsaturated/α-hetero) is 1. The number of aromatic nitrogens is 1. The monoisotopic (exact) mass is 477 g/mol. The third-order valence-electron chi connectivity index (χ3n) is 6.16. The van der Waals surface area contributed by atoms with Crippen LogP contribution in [0.2, 0.25) is 0 Å². The smallest absolute Gasteiger partial charge is 0.336 e. The summed E-state index contributed by atoms with van der Waals surface area (Å²) in [5, 5.41) is 22.7. The van der Waals surface area contributed by atoms with E-state index in [4.69, 9.17) is 9.15 Å². The summed E-state index contributed by atoms with van der Waals surface area (Å²) >= 11 is 0. The van der Waals surface area contributed by atoms with Crippen molar-refractivity contribution in [1.82, 2.24) is 4.98 Å². The number of ether oxygens (including phenoxy) is 1. The summed E-state index contributed by atoms with van der Waals surface area (Å²) in [4.78, 5) is 53.2. The van der Waals surface area contributed by atoms with Gasteiger partial charge in [-0.2, -0.15) is 0 Å². The van der Waals surface area contributed by atoms with Crippen molar-refractivity contribution in [3.05, 3.63) is 78.9 Å². The fourth-order valence-corrected chi connectivity index (χ4v) is 4.51. The number of ketones is 1. The molecule has 0 aliphatic carbocycles. The molecule has 0 fully saturated rings. The van der Waals surface area contributed by atoms with E-state index in [1.54, 1.807) is 18.2 Å². The van der Waals surface area contributed by atoms with Gasteiger partial charge in [0, 0.05) is 23.1 Å². The second kappa shape index (κ2) is 8.75. The minimum atomic E-state index is -1.18. The van der Waals surface area contributed by atoms with Crippen LogP contribution in [-0.4, -0.2) is 34.1 Å². The average Bonchev–Trinajstić information content (AvgIpc) is 2.77. The van der Waals surface area contributed by atoms with Crippen LogP contribution in [-0.2, 0) is 9.53 Å². The third-order valence-corrected chi connectivity index (χ3v) is 6.16. The molecule has 4 rings (SSSR count). The third kappa shape index (κ3) is 3.95. The number of rotatable bonds is 5. The number of aryl methyl sites for hydroxylation is 2. The Hall–Kier alpha value is -4.40. The Bertz CT molecular complexity index is 1640. The summed E-state index contributed by atoms with van der Waals surface area (Å²) in [6.07, 6.45) is -0.417. The van der Waals surface area contributed by atoms with Gasteiger partial charge in [-0.1, -0.05) is 18.2 Å². The molecule has 0 saturated carbocycles. The molecule has 35 heavy (non-hydrogen) atoms. The number of phenols is 2. The lowest BCUT2D eigenvalue weighted by Gasteiger charge is -2.22. The molecule has 0 amide bonds. The molecule has 0 radical (unpaired) electrons. The number of methoxy groups -OCH3 is 1. The van der Waals surface area contributed by atoms with Gasteiger partial charge in [0.25, 0.3) is 5.56 Å². The highest BCUT2D eigenvalue weighted by Crippen LogP contribution is 2.46. The van der Waals surface area contributed by atoms with Crippen molar-refractivity contribution in [2.75, 3.05) is 7.11 Å². The zero-order chi connectivity index (χ0) is 25.6. The first-order valence-corrected chi connectivity index (χ1v) is 10.8. The van der Waals surface area contributed by atoms with Crippen LogP contribution in [0, 0.1) is 13.8 Å². The van der Waals surface area contributed by atoms with E-state index < -0.39 is 52.3 Å². The topological polar surface area (TPSA) is 147 Å². The van der Waals surface area contributed by atoms with Gasteiger partial charge in [0.1, 0.15) is 22.6 Å². The van der Waals surface area contributed by atoms with Gasteiger partial charge in [-0.05, 0) is 43.4 Å². The van der Waals surface area contributed by atoms with E-state index in [-0.39, 0.29) is 27.7 Å². The van der Waals surface area contributed by atoms with Crippen LogP contribution in [0.3, 0.4) is 0 Å². The van der Waals surface area contributed by atoms with Crippen molar-refractivity contribution in [3.8, 4) is 11.5 Å². The minimum Gasteiger partial charge on any atom is -0.507 e. The second-order valence-electron chi connectivity index (χ2n) is 8.42. The predicted octanol–water partition coefficient (Wildman–Crippen LogP) is 3.56. The zero-order valence-electron chi connectivity index (χ0n) is 19.5. The Kier molecular flexibility index (Phi) is 5.94. The maximum atomic E-state index is 13.2. The molecular formula is C26H23NO8. The first-order valence-electron chi connectivity index (χ1n) is 10.8. The first-order chi connectivity index (χ1) is 16.5. The predicted molar refractivity (Wildman–Crippen MR) is 128 cm³/mol. The lowest BCUT2D eigenvalue weighted by atomic mass is 9.84. The number of hydrogen-bond acceptors (Lipinski definition) is 8. The molecule has 4 aromatic rings. The molecule has 1 atom stereocenters. The largest absolute Gasteiger partial charge is 0.507 e. The maximum Gasteiger partial charge on any atom is 0.336 e. The summed E-state index contributed by atoms with van der Waals surface area (Å²) < 4.78 is 10.2. The normalized spacial score (nSPS) is 12.1. The molecule has 2 aromatic heterocycles. The molecule has 0 spiro atoms. The van der Waals surface area contributed by atoms with Crippen molar-refractivity contribution in [1.29, 1.82) is 0 Å². The Labute approximate surface area is 198 Å². The van der Waals surface area contributed by atoms with E-state index in [1.165, 1.54) is 14.0 Å². The number of pyridine rings is 1. The van der Waals surface area contributed by atoms with Crippen molar-refractivity contribution in [2.45, 2.75) is 33.1 Å². The number of phenolic OH excluding ortho intramolecular Hbond substituents is 2. The number of aromatic hydroxyl groups is 2. The molecule has 180 valence electrons. The van der Waals surface area contributed by atoms with Gasteiger partial charge in [-0.3, -0.25) is 14.4 Å². The molecule has 2 aromatic carbocycles. The van der Waals surface area contributed by atoms with Crippen LogP contribution in [0.4, 0.5) is 0 Å². The Morgan fingerprint density at radius 3 is 2.46 bits per heavy atom. The average molecular weight is 477 g/mol. The van der Waals surface area contributed by atoms with Gasteiger partial charge in [0.15, 0.2) is 5.78 Å². The lowest BCUT2D eigenvalue weighted by molar-refractivity contribution is -0.140. The molecule has 2 heterocycles. The van der Waals surface area contributed by atoms with E-state index in [1.807, 2.05) is 13.0 Å². The maximum absolute atomic E-state index is 13.2. The molecule has 9 heteroatoms. The summed E-state index contributed by atoms with van der Waals surface area (Å²) in [6, 6.07) is 8.12. The van der Waals surface area contributed by atoms with Gasteiger partial charge < -0.3 is 24.4 Å². The fraction of sp³-hybridized carbons (Fsp3) is 0.231. The van der Waals surface area contributed by atoms with Crippen LogP contribution >= 0.6 is 0 Å². The molecule has 0 aliphatic heterocycles. The standard InChI is InChI=1S/C26H23NO8/c1-11-6-5-7-14-9-16(26(33)27-22(11)14)15(10-17(29)34-4)21-24(32)20(13(3)28)23(31)19-12(2)8-18(30)35-25(19)21/h5-9,15,31-32H,10H2,1-4H3,(H,27,33)/t15-/m0/s1. The summed E-state index contributed by atoms with van der Waals surface area (Å²) in [6.45, 7) is 4.52.